The second-order valence-electron chi connectivity index (χ2n) is 3.74. The van der Waals surface area contributed by atoms with Crippen LogP contribution in [-0.2, 0) is 9.37 Å². The molecule has 4 nitrogen and oxygen atoms in total. The van der Waals surface area contributed by atoms with E-state index in [1.165, 1.54) is 0 Å². The van der Waals surface area contributed by atoms with Gasteiger partial charge in [0.1, 0.15) is 0 Å². The molecule has 1 N–H and O–H groups in total. The third-order valence-electron chi connectivity index (χ3n) is 2.27. The van der Waals surface area contributed by atoms with Crippen molar-refractivity contribution in [3.05, 3.63) is 23.8 Å². The van der Waals surface area contributed by atoms with Crippen molar-refractivity contribution in [2.45, 2.75) is 18.7 Å². The van der Waals surface area contributed by atoms with Gasteiger partial charge in [-0.25, -0.2) is 0 Å². The molecule has 0 aromatic heterocycles. The molecule has 0 bridgehead atoms. The van der Waals surface area contributed by atoms with Crippen molar-refractivity contribution in [2.75, 3.05) is 9.74 Å². The molecule has 8 heteroatoms. The van der Waals surface area contributed by atoms with Gasteiger partial charge in [-0.05, 0) is 30.7 Å². The molecule has 0 aliphatic rings. The van der Waals surface area contributed by atoms with E-state index in [0.29, 0.717) is 5.92 Å². The van der Waals surface area contributed by atoms with Crippen LogP contribution in [0.1, 0.15) is 12.5 Å². The Balaban J connectivity index is 0.00000324. The van der Waals surface area contributed by atoms with E-state index < -0.39 is 0 Å². The van der Waals surface area contributed by atoms with Crippen molar-refractivity contribution in [1.29, 1.82) is 0 Å². The van der Waals surface area contributed by atoms with Crippen molar-refractivity contribution in [3.8, 4) is 0 Å². The third kappa shape index (κ3) is 7.05. The molecular formula is C11H13INNaO3S2. The summed E-state index contributed by atoms with van der Waals surface area (Å²) >= 11 is 8.49. The Labute approximate surface area is 158 Å². The van der Waals surface area contributed by atoms with Gasteiger partial charge in [-0.15, -0.1) is 0 Å². The van der Waals surface area contributed by atoms with E-state index in [4.69, 9.17) is 12.2 Å². The molecule has 1 aromatic rings. The minimum atomic E-state index is 0. The summed E-state index contributed by atoms with van der Waals surface area (Å²) in [5.74, 6) is 0.340. The Bertz CT molecular complexity index is 423. The molecule has 100 valence electrons. The summed E-state index contributed by atoms with van der Waals surface area (Å²) in [5.41, 5.74) is 1.91. The average Bonchev–Trinajstić information content (AvgIpc) is 2.36. The van der Waals surface area contributed by atoms with Gasteiger partial charge in [0, 0.05) is 20.9 Å². The molecule has 1 aromatic carbocycles. The van der Waals surface area contributed by atoms with Gasteiger partial charge < -0.3 is 10.6 Å². The normalized spacial score (nSPS) is 11.6. The van der Waals surface area contributed by atoms with Crippen molar-refractivity contribution in [1.82, 2.24) is 0 Å². The van der Waals surface area contributed by atoms with Gasteiger partial charge >= 0.3 is 29.6 Å². The number of hydrogen-bond donors (Lipinski definition) is 1. The molecule has 0 aliphatic carbocycles. The molecule has 19 heavy (non-hydrogen) atoms. The van der Waals surface area contributed by atoms with Crippen LogP contribution in [0.5, 0.6) is 0 Å². The largest absolute Gasteiger partial charge is 1.00 e. The van der Waals surface area contributed by atoms with E-state index in [1.54, 1.807) is 0 Å². The minimum absolute atomic E-state index is 0. The number of hydrogen-bond acceptors (Lipinski definition) is 5. The van der Waals surface area contributed by atoms with Crippen molar-refractivity contribution in [3.63, 3.8) is 0 Å². The zero-order chi connectivity index (χ0) is 13.5. The molecule has 0 amide bonds. The maximum Gasteiger partial charge on any atom is 1.00 e. The average molecular weight is 421 g/mol. The molecular weight excluding hydrogens is 408 g/mol. The van der Waals surface area contributed by atoms with Crippen LogP contribution in [0.4, 0.5) is 5.69 Å². The topological polar surface area (TPSA) is 53.5 Å². The number of halogens is 1. The quantitative estimate of drug-likeness (QED) is 0.133. The first-order valence-electron chi connectivity index (χ1n) is 5.19. The summed E-state index contributed by atoms with van der Waals surface area (Å²) in [4.78, 5) is 1.65. The van der Waals surface area contributed by atoms with Gasteiger partial charge in [-0.3, -0.25) is 5.04 Å². The zero-order valence-corrected chi connectivity index (χ0v) is 16.7. The molecule has 0 spiro atoms. The molecule has 1 unspecified atom stereocenters. The van der Waals surface area contributed by atoms with E-state index in [1.807, 2.05) is 25.1 Å². The number of benzene rings is 1. The monoisotopic (exact) mass is 421 g/mol. The molecule has 0 fully saturated rings. The molecule has 0 radical (unpaired) electrons. The predicted molar refractivity (Wildman–Crippen MR) is 83.5 cm³/mol. The molecule has 0 aliphatic heterocycles. The van der Waals surface area contributed by atoms with Gasteiger partial charge in [0.25, 0.3) is 0 Å². The van der Waals surface area contributed by atoms with Crippen LogP contribution < -0.4 is 40.1 Å². The summed E-state index contributed by atoms with van der Waals surface area (Å²) in [6, 6.07) is 5.68. The Morgan fingerprint density at radius 2 is 2.26 bits per heavy atom. The predicted octanol–water partition coefficient (Wildman–Crippen LogP) is 0.0400. The second kappa shape index (κ2) is 10.7. The third-order valence-corrected chi connectivity index (χ3v) is 4.86. The SMILES string of the molecule is Cc1cc(NC(=S)C(C)CI)ccc1SOO[O-].[Na+]. The maximum absolute atomic E-state index is 9.76. The number of rotatable bonds is 6. The number of nitrogens with one attached hydrogen (secondary N) is 1. The molecule has 0 saturated heterocycles. The van der Waals surface area contributed by atoms with Gasteiger partial charge in [0.05, 0.1) is 17.0 Å². The van der Waals surface area contributed by atoms with Crippen LogP contribution >= 0.6 is 46.9 Å². The van der Waals surface area contributed by atoms with Crippen LogP contribution in [0.15, 0.2) is 23.1 Å². The van der Waals surface area contributed by atoms with Gasteiger partial charge in [0.2, 0.25) is 0 Å². The van der Waals surface area contributed by atoms with E-state index >= 15 is 0 Å². The first-order chi connectivity index (χ1) is 8.58. The summed E-state index contributed by atoms with van der Waals surface area (Å²) in [6.07, 6.45) is 0. The number of anilines is 1. The number of thiocarbonyl (C=S) groups is 1. The van der Waals surface area contributed by atoms with E-state index in [2.05, 4.69) is 44.2 Å². The molecule has 1 atom stereocenters. The first-order valence-corrected chi connectivity index (χ1v) is 7.86. The fraction of sp³-hybridized carbons (Fsp3) is 0.364. The first kappa shape index (κ1) is 20.1. The fourth-order valence-corrected chi connectivity index (χ4v) is 2.56. The van der Waals surface area contributed by atoms with Crippen molar-refractivity contribution >= 4 is 57.5 Å². The molecule has 0 saturated carbocycles. The summed E-state index contributed by atoms with van der Waals surface area (Å²) in [7, 11) is 0. The molecule has 0 heterocycles. The van der Waals surface area contributed by atoms with E-state index in [0.717, 1.165) is 37.6 Å². The Morgan fingerprint density at radius 1 is 1.58 bits per heavy atom. The zero-order valence-electron chi connectivity index (χ0n) is 10.9. The van der Waals surface area contributed by atoms with Crippen LogP contribution in [0.25, 0.3) is 0 Å². The van der Waals surface area contributed by atoms with E-state index in [9.17, 15) is 5.26 Å². The van der Waals surface area contributed by atoms with Gasteiger partial charge in [0.15, 0.2) is 0 Å². The summed E-state index contributed by atoms with van der Waals surface area (Å²) in [5, 5.41) is 16.3. The number of alkyl halides is 1. The minimum Gasteiger partial charge on any atom is -0.691 e. The second-order valence-corrected chi connectivity index (χ2v) is 5.81. The van der Waals surface area contributed by atoms with Crippen molar-refractivity contribution in [2.24, 2.45) is 5.92 Å². The van der Waals surface area contributed by atoms with Gasteiger partial charge in [-0.2, -0.15) is 4.33 Å². The molecule has 1 rings (SSSR count). The maximum atomic E-state index is 9.76. The Kier molecular flexibility index (Phi) is 11.4. The summed E-state index contributed by atoms with van der Waals surface area (Å²) in [6.45, 7) is 4.00. The summed E-state index contributed by atoms with van der Waals surface area (Å²) < 4.78 is 5.27. The van der Waals surface area contributed by atoms with Gasteiger partial charge in [-0.1, -0.05) is 41.7 Å². The van der Waals surface area contributed by atoms with E-state index in [-0.39, 0.29) is 29.6 Å². The van der Waals surface area contributed by atoms with Crippen molar-refractivity contribution < 1.29 is 44.2 Å². The Hall–Kier alpha value is 1.07. The Morgan fingerprint density at radius 3 is 2.79 bits per heavy atom. The standard InChI is InChI=1S/C11H14INO3S2.Na/c1-7-5-9(13-11(17)8(2)6-12)3-4-10(7)18-16-15-14;/h3-5,8,14H,6H2,1-2H3,(H,13,17);/q;+1/p-1. The fourth-order valence-electron chi connectivity index (χ4n) is 1.21. The van der Waals surface area contributed by atoms with Crippen LogP contribution in [0, 0.1) is 12.8 Å². The number of aryl methyl sites for hydroxylation is 1. The smallest absolute Gasteiger partial charge is 0.691 e. The van der Waals surface area contributed by atoms with Crippen LogP contribution in [0.2, 0.25) is 0 Å². The van der Waals surface area contributed by atoms with Crippen LogP contribution in [-0.4, -0.2) is 9.42 Å². The van der Waals surface area contributed by atoms with Crippen LogP contribution in [0.3, 0.4) is 0 Å².